The van der Waals surface area contributed by atoms with Gasteiger partial charge in [-0.3, -0.25) is 0 Å². The summed E-state index contributed by atoms with van der Waals surface area (Å²) >= 11 is 0. The summed E-state index contributed by atoms with van der Waals surface area (Å²) in [6.07, 6.45) is 6.60. The van der Waals surface area contributed by atoms with Crippen molar-refractivity contribution in [3.8, 4) is 0 Å². The minimum atomic E-state index is 0.382. The summed E-state index contributed by atoms with van der Waals surface area (Å²) in [5, 5.41) is 3.53. The number of methoxy groups -OCH3 is 1. The third kappa shape index (κ3) is 14.1. The van der Waals surface area contributed by atoms with Crippen LogP contribution in [0, 0.1) is 10.8 Å². The molecule has 0 aromatic carbocycles. The van der Waals surface area contributed by atoms with Crippen LogP contribution in [-0.2, 0) is 4.74 Å². The van der Waals surface area contributed by atoms with Crippen LogP contribution >= 0.6 is 0 Å². The van der Waals surface area contributed by atoms with Gasteiger partial charge in [-0.25, -0.2) is 0 Å². The lowest BCUT2D eigenvalue weighted by Gasteiger charge is -2.21. The Kier molecular flexibility index (Phi) is 8.93. The summed E-state index contributed by atoms with van der Waals surface area (Å²) < 4.78 is 5.58. The SMILES string of the molecule is CO[C@H](CCCNCC(C)(C)C)CCCC(C)(C)C. The molecule has 19 heavy (non-hydrogen) atoms. The zero-order valence-electron chi connectivity index (χ0n) is 14.4. The maximum atomic E-state index is 5.58. The average Bonchev–Trinajstić information content (AvgIpc) is 2.23. The third-order valence-corrected chi connectivity index (χ3v) is 3.32. The van der Waals surface area contributed by atoms with Crippen molar-refractivity contribution in [3.63, 3.8) is 0 Å². The predicted molar refractivity (Wildman–Crippen MR) is 85.7 cm³/mol. The molecule has 0 spiro atoms. The summed E-state index contributed by atoms with van der Waals surface area (Å²) in [4.78, 5) is 0. The van der Waals surface area contributed by atoms with E-state index < -0.39 is 0 Å². The van der Waals surface area contributed by atoms with Gasteiger partial charge in [0.05, 0.1) is 6.10 Å². The summed E-state index contributed by atoms with van der Waals surface area (Å²) in [7, 11) is 1.85. The van der Waals surface area contributed by atoms with Gasteiger partial charge in [-0.05, 0) is 49.6 Å². The smallest absolute Gasteiger partial charge is 0.0571 e. The molecule has 0 fully saturated rings. The molecular weight excluding hydrogens is 234 g/mol. The second kappa shape index (κ2) is 8.97. The Morgan fingerprint density at radius 2 is 1.47 bits per heavy atom. The minimum absolute atomic E-state index is 0.382. The molecule has 0 aromatic rings. The van der Waals surface area contributed by atoms with E-state index in [0.29, 0.717) is 16.9 Å². The molecule has 0 aliphatic heterocycles. The van der Waals surface area contributed by atoms with E-state index in [0.717, 1.165) is 13.1 Å². The van der Waals surface area contributed by atoms with Gasteiger partial charge in [0.2, 0.25) is 0 Å². The molecular formula is C17H37NO. The normalized spacial score (nSPS) is 14.7. The lowest BCUT2D eigenvalue weighted by atomic mass is 9.89. The Labute approximate surface area is 121 Å². The number of hydrogen-bond donors (Lipinski definition) is 1. The molecule has 0 saturated carbocycles. The fraction of sp³-hybridized carbons (Fsp3) is 1.00. The minimum Gasteiger partial charge on any atom is -0.381 e. The fourth-order valence-electron chi connectivity index (χ4n) is 2.16. The molecule has 0 saturated heterocycles. The van der Waals surface area contributed by atoms with Gasteiger partial charge in [0, 0.05) is 7.11 Å². The standard InChI is InChI=1S/C17H37NO/c1-16(2,3)12-8-10-15(19-7)11-9-13-18-14-17(4,5)6/h15,18H,8-14H2,1-7H3/t15-/m0/s1. The van der Waals surface area contributed by atoms with Gasteiger partial charge in [0.25, 0.3) is 0 Å². The number of rotatable bonds is 9. The molecule has 0 aromatic heterocycles. The highest BCUT2D eigenvalue weighted by molar-refractivity contribution is 4.67. The predicted octanol–water partition coefficient (Wildman–Crippen LogP) is 4.63. The van der Waals surface area contributed by atoms with E-state index in [1.54, 1.807) is 0 Å². The molecule has 2 nitrogen and oxygen atoms in total. The lowest BCUT2D eigenvalue weighted by Crippen LogP contribution is -2.28. The van der Waals surface area contributed by atoms with E-state index in [-0.39, 0.29) is 0 Å². The lowest BCUT2D eigenvalue weighted by molar-refractivity contribution is 0.0814. The van der Waals surface area contributed by atoms with Gasteiger partial charge in [0.15, 0.2) is 0 Å². The molecule has 0 amide bonds. The van der Waals surface area contributed by atoms with Gasteiger partial charge in [0.1, 0.15) is 0 Å². The first-order chi connectivity index (χ1) is 8.64. The van der Waals surface area contributed by atoms with E-state index in [1.165, 1.54) is 32.1 Å². The molecule has 116 valence electrons. The fourth-order valence-corrected chi connectivity index (χ4v) is 2.16. The largest absolute Gasteiger partial charge is 0.381 e. The molecule has 0 unspecified atom stereocenters. The van der Waals surface area contributed by atoms with Crippen LogP contribution in [0.4, 0.5) is 0 Å². The van der Waals surface area contributed by atoms with Gasteiger partial charge < -0.3 is 10.1 Å². The molecule has 1 atom stereocenters. The van der Waals surface area contributed by atoms with Crippen LogP contribution in [0.3, 0.4) is 0 Å². The van der Waals surface area contributed by atoms with Crippen LogP contribution in [0.1, 0.15) is 73.6 Å². The summed E-state index contributed by atoms with van der Waals surface area (Å²) in [6.45, 7) is 15.9. The van der Waals surface area contributed by atoms with Crippen LogP contribution in [0.5, 0.6) is 0 Å². The van der Waals surface area contributed by atoms with Crippen molar-refractivity contribution >= 4 is 0 Å². The Morgan fingerprint density at radius 1 is 0.895 bits per heavy atom. The number of hydrogen-bond acceptors (Lipinski definition) is 2. The zero-order chi connectivity index (χ0) is 14.9. The maximum Gasteiger partial charge on any atom is 0.0571 e. The zero-order valence-corrected chi connectivity index (χ0v) is 14.4. The first-order valence-corrected chi connectivity index (χ1v) is 7.87. The van der Waals surface area contributed by atoms with E-state index in [2.05, 4.69) is 46.9 Å². The highest BCUT2D eigenvalue weighted by atomic mass is 16.5. The Balaban J connectivity index is 3.60. The van der Waals surface area contributed by atoms with Crippen LogP contribution in [-0.4, -0.2) is 26.3 Å². The highest BCUT2D eigenvalue weighted by Gasteiger charge is 2.13. The monoisotopic (exact) mass is 271 g/mol. The van der Waals surface area contributed by atoms with Crippen LogP contribution in [0.2, 0.25) is 0 Å². The number of nitrogens with one attached hydrogen (secondary N) is 1. The molecule has 2 heteroatoms. The maximum absolute atomic E-state index is 5.58. The van der Waals surface area contributed by atoms with E-state index >= 15 is 0 Å². The Bertz CT molecular complexity index is 212. The molecule has 0 bridgehead atoms. The van der Waals surface area contributed by atoms with Gasteiger partial charge in [-0.1, -0.05) is 48.0 Å². The average molecular weight is 271 g/mol. The van der Waals surface area contributed by atoms with Crippen LogP contribution < -0.4 is 5.32 Å². The van der Waals surface area contributed by atoms with Crippen molar-refractivity contribution in [2.45, 2.75) is 79.8 Å². The molecule has 0 aliphatic carbocycles. The van der Waals surface area contributed by atoms with E-state index in [1.807, 2.05) is 7.11 Å². The Hall–Kier alpha value is -0.0800. The van der Waals surface area contributed by atoms with Crippen molar-refractivity contribution in [2.24, 2.45) is 10.8 Å². The molecule has 0 heterocycles. The van der Waals surface area contributed by atoms with Crippen molar-refractivity contribution in [1.82, 2.24) is 5.32 Å². The molecule has 0 aliphatic rings. The summed E-state index contributed by atoms with van der Waals surface area (Å²) in [6, 6.07) is 0. The van der Waals surface area contributed by atoms with Gasteiger partial charge in [-0.15, -0.1) is 0 Å². The quantitative estimate of drug-likeness (QED) is 0.617. The second-order valence-electron chi connectivity index (χ2n) is 8.19. The van der Waals surface area contributed by atoms with Crippen LogP contribution in [0.15, 0.2) is 0 Å². The molecule has 0 rings (SSSR count). The van der Waals surface area contributed by atoms with Gasteiger partial charge >= 0.3 is 0 Å². The van der Waals surface area contributed by atoms with Crippen molar-refractivity contribution in [3.05, 3.63) is 0 Å². The Morgan fingerprint density at radius 3 is 1.95 bits per heavy atom. The van der Waals surface area contributed by atoms with Crippen molar-refractivity contribution in [2.75, 3.05) is 20.2 Å². The topological polar surface area (TPSA) is 21.3 Å². The second-order valence-corrected chi connectivity index (χ2v) is 8.19. The molecule has 0 radical (unpaired) electrons. The van der Waals surface area contributed by atoms with E-state index in [9.17, 15) is 0 Å². The van der Waals surface area contributed by atoms with Gasteiger partial charge in [-0.2, -0.15) is 0 Å². The van der Waals surface area contributed by atoms with Crippen molar-refractivity contribution < 1.29 is 4.74 Å². The van der Waals surface area contributed by atoms with Crippen LogP contribution in [0.25, 0.3) is 0 Å². The summed E-state index contributed by atoms with van der Waals surface area (Å²) in [5.74, 6) is 0. The number of ether oxygens (including phenoxy) is 1. The highest BCUT2D eigenvalue weighted by Crippen LogP contribution is 2.23. The molecule has 1 N–H and O–H groups in total. The third-order valence-electron chi connectivity index (χ3n) is 3.32. The first kappa shape index (κ1) is 18.9. The van der Waals surface area contributed by atoms with Crippen molar-refractivity contribution in [1.29, 1.82) is 0 Å². The first-order valence-electron chi connectivity index (χ1n) is 7.87. The van der Waals surface area contributed by atoms with E-state index in [4.69, 9.17) is 4.74 Å². The summed E-state index contributed by atoms with van der Waals surface area (Å²) in [5.41, 5.74) is 0.833.